The lowest BCUT2D eigenvalue weighted by atomic mass is 9.98. The predicted octanol–water partition coefficient (Wildman–Crippen LogP) is 4.19. The average Bonchev–Trinajstić information content (AvgIpc) is 2.51. The average molecular weight is 434 g/mol. The number of piperazine rings is 1. The molecule has 1 aromatic carbocycles. The van der Waals surface area contributed by atoms with Crippen molar-refractivity contribution in [2.24, 2.45) is 0 Å². The second-order valence-corrected chi connectivity index (χ2v) is 5.95. The summed E-state index contributed by atoms with van der Waals surface area (Å²) in [6.45, 7) is 7.00. The van der Waals surface area contributed by atoms with Gasteiger partial charge in [0.2, 0.25) is 5.82 Å². The van der Waals surface area contributed by atoms with Gasteiger partial charge < -0.3 is 10.4 Å². The van der Waals surface area contributed by atoms with Crippen LogP contribution in [-0.2, 0) is 0 Å². The number of allylic oxidation sites excluding steroid dienone is 1. The first-order chi connectivity index (χ1) is 10.1. The van der Waals surface area contributed by atoms with Crippen LogP contribution in [0.5, 0.6) is 5.75 Å². The highest BCUT2D eigenvalue weighted by Crippen LogP contribution is 2.38. The lowest BCUT2D eigenvalue weighted by Crippen LogP contribution is -2.45. The number of nitrogens with one attached hydrogen (secondary N) is 1. The maximum atomic E-state index is 13.8. The summed E-state index contributed by atoms with van der Waals surface area (Å²) in [6, 6.07) is 1.32. The fraction of sp³-hybridized carbons (Fsp3) is 0.467. The maximum Gasteiger partial charge on any atom is 0.201 e. The van der Waals surface area contributed by atoms with E-state index < -0.39 is 17.4 Å². The van der Waals surface area contributed by atoms with E-state index in [1.54, 1.807) is 6.08 Å². The second-order valence-electron chi connectivity index (χ2n) is 5.09. The highest BCUT2D eigenvalue weighted by Gasteiger charge is 2.27. The SMILES string of the molecule is C=CCC[C@H](c1cc(Br)c(F)c(F)c1O)N1CCNCC1.Cl.Cl. The quantitative estimate of drug-likeness (QED) is 0.539. The van der Waals surface area contributed by atoms with Crippen molar-refractivity contribution in [2.75, 3.05) is 26.2 Å². The van der Waals surface area contributed by atoms with E-state index in [0.717, 1.165) is 32.6 Å². The summed E-state index contributed by atoms with van der Waals surface area (Å²) in [5.74, 6) is -2.85. The molecule has 23 heavy (non-hydrogen) atoms. The molecule has 1 heterocycles. The van der Waals surface area contributed by atoms with Crippen LogP contribution in [0.4, 0.5) is 8.78 Å². The second kappa shape index (κ2) is 10.5. The number of aromatic hydroxyl groups is 1. The van der Waals surface area contributed by atoms with Crippen molar-refractivity contribution in [2.45, 2.75) is 18.9 Å². The largest absolute Gasteiger partial charge is 0.505 e. The molecule has 0 spiro atoms. The molecule has 3 nitrogen and oxygen atoms in total. The molecule has 0 unspecified atom stereocenters. The minimum absolute atomic E-state index is 0. The van der Waals surface area contributed by atoms with Gasteiger partial charge in [-0.15, -0.1) is 31.4 Å². The monoisotopic (exact) mass is 432 g/mol. The van der Waals surface area contributed by atoms with E-state index in [9.17, 15) is 13.9 Å². The number of halogens is 5. The van der Waals surface area contributed by atoms with Crippen LogP contribution < -0.4 is 5.32 Å². The lowest BCUT2D eigenvalue weighted by Gasteiger charge is -2.35. The van der Waals surface area contributed by atoms with Gasteiger partial charge in [0, 0.05) is 37.8 Å². The van der Waals surface area contributed by atoms with Crippen LogP contribution in [0.25, 0.3) is 0 Å². The summed E-state index contributed by atoms with van der Waals surface area (Å²) in [5.41, 5.74) is 0.421. The van der Waals surface area contributed by atoms with Gasteiger partial charge in [-0.1, -0.05) is 6.08 Å². The number of phenols is 1. The third-order valence-electron chi connectivity index (χ3n) is 3.76. The molecular weight excluding hydrogens is 413 g/mol. The van der Waals surface area contributed by atoms with Gasteiger partial charge in [-0.2, -0.15) is 4.39 Å². The molecule has 0 aliphatic carbocycles. The highest BCUT2D eigenvalue weighted by molar-refractivity contribution is 9.10. The topological polar surface area (TPSA) is 35.5 Å². The number of nitrogens with zero attached hydrogens (tertiary/aromatic N) is 1. The van der Waals surface area contributed by atoms with Gasteiger partial charge in [0.15, 0.2) is 11.6 Å². The van der Waals surface area contributed by atoms with E-state index in [4.69, 9.17) is 0 Å². The van der Waals surface area contributed by atoms with Crippen molar-refractivity contribution in [3.63, 3.8) is 0 Å². The van der Waals surface area contributed by atoms with Crippen molar-refractivity contribution < 1.29 is 13.9 Å². The van der Waals surface area contributed by atoms with Gasteiger partial charge in [-0.3, -0.25) is 4.90 Å². The zero-order valence-electron chi connectivity index (χ0n) is 12.5. The molecular formula is C15H21BrCl2F2N2O. The van der Waals surface area contributed by atoms with Gasteiger partial charge in [0.25, 0.3) is 0 Å². The van der Waals surface area contributed by atoms with Crippen LogP contribution in [0.15, 0.2) is 23.2 Å². The summed E-state index contributed by atoms with van der Waals surface area (Å²) in [6.07, 6.45) is 3.24. The van der Waals surface area contributed by atoms with Gasteiger partial charge >= 0.3 is 0 Å². The Morgan fingerprint density at radius 1 is 1.30 bits per heavy atom. The molecule has 2 N–H and O–H groups in total. The first-order valence-corrected chi connectivity index (χ1v) is 7.77. The van der Waals surface area contributed by atoms with E-state index in [1.165, 1.54) is 6.07 Å². The molecule has 1 atom stereocenters. The number of hydrogen-bond acceptors (Lipinski definition) is 3. The van der Waals surface area contributed by atoms with Crippen LogP contribution in [-0.4, -0.2) is 36.2 Å². The summed E-state index contributed by atoms with van der Waals surface area (Å²) in [4.78, 5) is 2.18. The Morgan fingerprint density at radius 3 is 2.48 bits per heavy atom. The Bertz CT molecular complexity index is 529. The molecule has 0 aromatic heterocycles. The molecule has 0 amide bonds. The summed E-state index contributed by atoms with van der Waals surface area (Å²) in [7, 11) is 0. The van der Waals surface area contributed by atoms with Crippen molar-refractivity contribution >= 4 is 40.7 Å². The van der Waals surface area contributed by atoms with Crippen LogP contribution >= 0.6 is 40.7 Å². The first-order valence-electron chi connectivity index (χ1n) is 6.98. The number of benzene rings is 1. The minimum Gasteiger partial charge on any atom is -0.505 e. The van der Waals surface area contributed by atoms with Gasteiger partial charge in [-0.25, -0.2) is 4.39 Å². The van der Waals surface area contributed by atoms with Gasteiger partial charge in [0.1, 0.15) is 0 Å². The summed E-state index contributed by atoms with van der Waals surface area (Å²) in [5, 5.41) is 13.3. The highest BCUT2D eigenvalue weighted by atomic mass is 79.9. The summed E-state index contributed by atoms with van der Waals surface area (Å²) >= 11 is 3.01. The maximum absolute atomic E-state index is 13.8. The molecule has 0 radical (unpaired) electrons. The Morgan fingerprint density at radius 2 is 1.91 bits per heavy atom. The number of hydrogen-bond donors (Lipinski definition) is 2. The molecule has 1 fully saturated rings. The molecule has 1 aromatic rings. The Labute approximate surface area is 156 Å². The molecule has 8 heteroatoms. The van der Waals surface area contributed by atoms with Crippen LogP contribution in [0.3, 0.4) is 0 Å². The molecule has 1 aliphatic rings. The molecule has 0 bridgehead atoms. The van der Waals surface area contributed by atoms with E-state index in [-0.39, 0.29) is 35.3 Å². The Balaban J connectivity index is 0.00000242. The Kier molecular flexibility index (Phi) is 10.3. The van der Waals surface area contributed by atoms with Crippen LogP contribution in [0.2, 0.25) is 0 Å². The normalized spacial score (nSPS) is 16.1. The van der Waals surface area contributed by atoms with Gasteiger partial charge in [-0.05, 0) is 34.8 Å². The van der Waals surface area contributed by atoms with Gasteiger partial charge in [0.05, 0.1) is 4.47 Å². The fourth-order valence-electron chi connectivity index (χ4n) is 2.66. The Hall–Kier alpha value is -0.400. The minimum atomic E-state index is -1.20. The molecule has 1 saturated heterocycles. The van der Waals surface area contributed by atoms with Crippen molar-refractivity contribution in [1.29, 1.82) is 0 Å². The molecule has 1 aliphatic heterocycles. The van der Waals surface area contributed by atoms with E-state index in [2.05, 4.69) is 32.7 Å². The van der Waals surface area contributed by atoms with E-state index in [1.807, 2.05) is 0 Å². The first kappa shape index (κ1) is 22.6. The fourth-order valence-corrected chi connectivity index (χ4v) is 3.08. The molecule has 0 saturated carbocycles. The zero-order chi connectivity index (χ0) is 15.4. The van der Waals surface area contributed by atoms with Crippen LogP contribution in [0.1, 0.15) is 24.4 Å². The smallest absolute Gasteiger partial charge is 0.201 e. The molecule has 2 rings (SSSR count). The number of phenolic OH excluding ortho intramolecular Hbond substituents is 1. The number of rotatable bonds is 5. The summed E-state index contributed by atoms with van der Waals surface area (Å²) < 4.78 is 27.3. The zero-order valence-corrected chi connectivity index (χ0v) is 15.7. The predicted molar refractivity (Wildman–Crippen MR) is 96.8 cm³/mol. The van der Waals surface area contributed by atoms with Crippen molar-refractivity contribution in [3.05, 3.63) is 40.4 Å². The van der Waals surface area contributed by atoms with Crippen molar-refractivity contribution in [1.82, 2.24) is 10.2 Å². The molecule has 132 valence electrons. The van der Waals surface area contributed by atoms with Crippen LogP contribution in [0, 0.1) is 11.6 Å². The van der Waals surface area contributed by atoms with Crippen molar-refractivity contribution in [3.8, 4) is 5.75 Å². The standard InChI is InChI=1S/C15H19BrF2N2O.2ClH/c1-2-3-4-12(20-7-5-19-6-8-20)10-9-11(16)13(17)14(18)15(10)21;;/h2,9,12,19,21H,1,3-8H2;2*1H/t12-;;/m1../s1. The van der Waals surface area contributed by atoms with E-state index in [0.29, 0.717) is 12.0 Å². The van der Waals surface area contributed by atoms with E-state index >= 15 is 0 Å². The lowest BCUT2D eigenvalue weighted by molar-refractivity contribution is 0.162. The third kappa shape index (κ3) is 5.29. The third-order valence-corrected chi connectivity index (χ3v) is 4.34.